The number of methoxy groups -OCH3 is 1. The number of amides is 1. The summed E-state index contributed by atoms with van der Waals surface area (Å²) in [5, 5.41) is 0. The average Bonchev–Trinajstić information content (AvgIpc) is 2.47. The highest BCUT2D eigenvalue weighted by atomic mass is 16.5. The summed E-state index contributed by atoms with van der Waals surface area (Å²) in [4.78, 5) is 26.0. The minimum Gasteiger partial charge on any atom is -0.469 e. The molecule has 3 rings (SSSR count). The lowest BCUT2D eigenvalue weighted by atomic mass is 9.79. The minimum atomic E-state index is -0.125. The maximum absolute atomic E-state index is 12.5. The summed E-state index contributed by atoms with van der Waals surface area (Å²) in [6.07, 6.45) is 4.29. The molecule has 0 N–H and O–H groups in total. The number of esters is 1. The molecule has 1 amide bonds. The fourth-order valence-corrected chi connectivity index (χ4v) is 3.65. The molecule has 0 aromatic carbocycles. The molecular weight excluding hydrogens is 246 g/mol. The Morgan fingerprint density at radius 3 is 2.16 bits per heavy atom. The molecule has 5 heteroatoms. The molecule has 1 saturated carbocycles. The molecule has 3 fully saturated rings. The average molecular weight is 267 g/mol. The van der Waals surface area contributed by atoms with Crippen LogP contribution in [0.15, 0.2) is 0 Å². The smallest absolute Gasteiger partial charge is 0.308 e. The lowest BCUT2D eigenvalue weighted by molar-refractivity contribution is -0.173. The van der Waals surface area contributed by atoms with Crippen LogP contribution in [0.5, 0.6) is 0 Å². The molecule has 1 aliphatic carbocycles. The highest BCUT2D eigenvalue weighted by molar-refractivity contribution is 5.81. The van der Waals surface area contributed by atoms with E-state index in [1.165, 1.54) is 7.11 Å². The van der Waals surface area contributed by atoms with Crippen molar-refractivity contribution in [1.82, 2.24) is 4.90 Å². The van der Waals surface area contributed by atoms with Crippen molar-refractivity contribution in [3.8, 4) is 0 Å². The Balaban J connectivity index is 1.54. The van der Waals surface area contributed by atoms with Crippen LogP contribution in [-0.4, -0.2) is 49.2 Å². The second-order valence-electron chi connectivity index (χ2n) is 5.90. The Morgan fingerprint density at radius 1 is 1.05 bits per heavy atom. The van der Waals surface area contributed by atoms with E-state index in [1.807, 2.05) is 4.90 Å². The van der Waals surface area contributed by atoms with Gasteiger partial charge in [0, 0.05) is 5.92 Å². The summed E-state index contributed by atoms with van der Waals surface area (Å²) in [5.41, 5.74) is 0. The molecule has 0 aromatic heterocycles. The van der Waals surface area contributed by atoms with E-state index >= 15 is 0 Å². The Hall–Kier alpha value is -1.10. The fourth-order valence-electron chi connectivity index (χ4n) is 3.65. The number of ether oxygens (including phenoxy) is 2. The highest BCUT2D eigenvalue weighted by Crippen LogP contribution is 2.37. The summed E-state index contributed by atoms with van der Waals surface area (Å²) < 4.78 is 10.2. The fraction of sp³-hybridized carbons (Fsp3) is 0.857. The van der Waals surface area contributed by atoms with E-state index in [9.17, 15) is 9.59 Å². The molecule has 2 aliphatic heterocycles. The summed E-state index contributed by atoms with van der Waals surface area (Å²) >= 11 is 0. The summed E-state index contributed by atoms with van der Waals surface area (Å²) in [6, 6.07) is 0.620. The zero-order valence-corrected chi connectivity index (χ0v) is 11.3. The Morgan fingerprint density at radius 2 is 1.63 bits per heavy atom. The third kappa shape index (κ3) is 2.24. The van der Waals surface area contributed by atoms with Gasteiger partial charge in [-0.25, -0.2) is 0 Å². The van der Waals surface area contributed by atoms with Crippen LogP contribution >= 0.6 is 0 Å². The van der Waals surface area contributed by atoms with Crippen LogP contribution in [-0.2, 0) is 19.1 Å². The predicted molar refractivity (Wildman–Crippen MR) is 67.3 cm³/mol. The van der Waals surface area contributed by atoms with Crippen LogP contribution in [0.25, 0.3) is 0 Å². The zero-order valence-electron chi connectivity index (χ0n) is 11.3. The van der Waals surface area contributed by atoms with Gasteiger partial charge in [0.15, 0.2) is 0 Å². The van der Waals surface area contributed by atoms with Crippen molar-refractivity contribution >= 4 is 11.9 Å². The first kappa shape index (κ1) is 12.9. The van der Waals surface area contributed by atoms with E-state index in [4.69, 9.17) is 9.47 Å². The predicted octanol–water partition coefficient (Wildman–Crippen LogP) is 0.965. The normalized spacial score (nSPS) is 37.4. The molecule has 3 aliphatic rings. The van der Waals surface area contributed by atoms with E-state index in [0.717, 1.165) is 32.1 Å². The maximum Gasteiger partial charge on any atom is 0.308 e. The van der Waals surface area contributed by atoms with E-state index < -0.39 is 0 Å². The van der Waals surface area contributed by atoms with Crippen molar-refractivity contribution in [3.05, 3.63) is 0 Å². The number of rotatable bonds is 2. The van der Waals surface area contributed by atoms with E-state index in [0.29, 0.717) is 25.3 Å². The lowest BCUT2D eigenvalue weighted by Gasteiger charge is -2.53. The van der Waals surface area contributed by atoms with Crippen LogP contribution in [0.3, 0.4) is 0 Å². The third-order valence-corrected chi connectivity index (χ3v) is 4.82. The SMILES string of the molecule is COC(=O)C1CCC(C(=O)N2C3COCC2C3)CC1. The number of hydrogen-bond acceptors (Lipinski definition) is 4. The van der Waals surface area contributed by atoms with Gasteiger partial charge in [-0.2, -0.15) is 0 Å². The molecule has 2 saturated heterocycles. The monoisotopic (exact) mass is 267 g/mol. The van der Waals surface area contributed by atoms with Gasteiger partial charge < -0.3 is 14.4 Å². The summed E-state index contributed by atoms with van der Waals surface area (Å²) in [7, 11) is 1.43. The quantitative estimate of drug-likeness (QED) is 0.699. The standard InChI is InChI=1S/C14H21NO4/c1-18-14(17)10-4-2-9(3-5-10)13(16)15-11-6-12(15)8-19-7-11/h9-12H,2-8H2,1H3. The van der Waals surface area contributed by atoms with Crippen LogP contribution < -0.4 is 0 Å². The van der Waals surface area contributed by atoms with Gasteiger partial charge in [-0.05, 0) is 32.1 Å². The van der Waals surface area contributed by atoms with Gasteiger partial charge >= 0.3 is 5.97 Å². The molecule has 2 heterocycles. The van der Waals surface area contributed by atoms with Crippen LogP contribution in [0.1, 0.15) is 32.1 Å². The third-order valence-electron chi connectivity index (χ3n) is 4.82. The first-order valence-electron chi connectivity index (χ1n) is 7.18. The molecule has 0 radical (unpaired) electrons. The molecule has 2 atom stereocenters. The van der Waals surface area contributed by atoms with Gasteiger partial charge in [-0.15, -0.1) is 0 Å². The van der Waals surface area contributed by atoms with Gasteiger partial charge in [-0.1, -0.05) is 0 Å². The van der Waals surface area contributed by atoms with Crippen LogP contribution in [0.4, 0.5) is 0 Å². The minimum absolute atomic E-state index is 0.00623. The van der Waals surface area contributed by atoms with Gasteiger partial charge in [0.2, 0.25) is 5.91 Å². The summed E-state index contributed by atoms with van der Waals surface area (Å²) in [5.74, 6) is 0.255. The van der Waals surface area contributed by atoms with Crippen LogP contribution in [0, 0.1) is 11.8 Å². The lowest BCUT2D eigenvalue weighted by Crippen LogP contribution is -2.66. The molecule has 5 nitrogen and oxygen atoms in total. The molecule has 106 valence electrons. The number of hydrogen-bond donors (Lipinski definition) is 0. The van der Waals surface area contributed by atoms with Crippen molar-refractivity contribution in [2.24, 2.45) is 11.8 Å². The Labute approximate surface area is 113 Å². The largest absolute Gasteiger partial charge is 0.469 e. The zero-order chi connectivity index (χ0) is 13.4. The van der Waals surface area contributed by atoms with Gasteiger partial charge in [0.1, 0.15) is 0 Å². The second-order valence-corrected chi connectivity index (χ2v) is 5.90. The number of nitrogens with zero attached hydrogens (tertiary/aromatic N) is 1. The topological polar surface area (TPSA) is 55.8 Å². The van der Waals surface area contributed by atoms with Crippen molar-refractivity contribution in [2.75, 3.05) is 20.3 Å². The molecule has 2 unspecified atom stereocenters. The number of morpholine rings is 1. The van der Waals surface area contributed by atoms with Crippen LogP contribution in [0.2, 0.25) is 0 Å². The Kier molecular flexibility index (Phi) is 3.48. The van der Waals surface area contributed by atoms with Crippen molar-refractivity contribution in [3.63, 3.8) is 0 Å². The van der Waals surface area contributed by atoms with E-state index in [-0.39, 0.29) is 23.7 Å². The molecule has 0 aromatic rings. The summed E-state index contributed by atoms with van der Waals surface area (Å²) in [6.45, 7) is 1.39. The molecule has 2 bridgehead atoms. The molecule has 0 spiro atoms. The van der Waals surface area contributed by atoms with E-state index in [2.05, 4.69) is 0 Å². The number of carbonyl (C=O) groups excluding carboxylic acids is 2. The second kappa shape index (κ2) is 5.12. The van der Waals surface area contributed by atoms with Gasteiger partial charge in [0.25, 0.3) is 0 Å². The van der Waals surface area contributed by atoms with Crippen molar-refractivity contribution in [2.45, 2.75) is 44.2 Å². The molecule has 19 heavy (non-hydrogen) atoms. The highest BCUT2D eigenvalue weighted by Gasteiger charge is 2.47. The van der Waals surface area contributed by atoms with Crippen molar-refractivity contribution in [1.29, 1.82) is 0 Å². The molecular formula is C14H21NO4. The van der Waals surface area contributed by atoms with Gasteiger partial charge in [-0.3, -0.25) is 9.59 Å². The Bertz CT molecular complexity index is 362. The first-order chi connectivity index (χ1) is 9.20. The van der Waals surface area contributed by atoms with Crippen molar-refractivity contribution < 1.29 is 19.1 Å². The first-order valence-corrected chi connectivity index (χ1v) is 7.18. The van der Waals surface area contributed by atoms with Gasteiger partial charge in [0.05, 0.1) is 38.3 Å². The van der Waals surface area contributed by atoms with E-state index in [1.54, 1.807) is 0 Å². The maximum atomic E-state index is 12.5. The number of carbonyl (C=O) groups is 2. The number of fused-ring (bicyclic) bond motifs is 2.